The van der Waals surface area contributed by atoms with E-state index in [1.54, 1.807) is 0 Å². The maximum Gasteiger partial charge on any atom is 0.128 e. The van der Waals surface area contributed by atoms with Gasteiger partial charge in [-0.1, -0.05) is 241 Å². The third-order valence-corrected chi connectivity index (χ3v) is 12.9. The molecule has 0 aliphatic heterocycles. The number of rotatable bonds is 36. The molecular formula is C62H86O4. The van der Waals surface area contributed by atoms with Crippen LogP contribution in [0.1, 0.15) is 182 Å². The van der Waals surface area contributed by atoms with Gasteiger partial charge in [-0.15, -0.1) is 0 Å². The van der Waals surface area contributed by atoms with Crippen molar-refractivity contribution in [2.24, 2.45) is 0 Å². The molecule has 0 aliphatic carbocycles. The Balaban J connectivity index is 1.49. The van der Waals surface area contributed by atoms with Crippen LogP contribution in [0.15, 0.2) is 109 Å². The average Bonchev–Trinajstić information content (AvgIpc) is 3.36. The van der Waals surface area contributed by atoms with E-state index < -0.39 is 0 Å². The van der Waals surface area contributed by atoms with E-state index in [1.807, 2.05) is 0 Å². The molecule has 66 heavy (non-hydrogen) atoms. The second-order valence-electron chi connectivity index (χ2n) is 18.5. The van der Waals surface area contributed by atoms with Crippen molar-refractivity contribution in [2.45, 2.75) is 182 Å². The molecule has 0 spiro atoms. The van der Waals surface area contributed by atoms with Crippen LogP contribution < -0.4 is 18.9 Å². The molecule has 0 radical (unpaired) electrons. The first kappa shape index (κ1) is 52.3. The molecule has 5 rings (SSSR count). The Morgan fingerprint density at radius 1 is 0.242 bits per heavy atom. The zero-order chi connectivity index (χ0) is 46.3. The molecule has 0 fully saturated rings. The molecule has 4 heteroatoms. The van der Waals surface area contributed by atoms with Crippen LogP contribution in [0, 0.1) is 0 Å². The van der Waals surface area contributed by atoms with E-state index in [9.17, 15) is 0 Å². The van der Waals surface area contributed by atoms with Gasteiger partial charge >= 0.3 is 0 Å². The fraction of sp³-hybridized carbons (Fsp3) is 0.516. The summed E-state index contributed by atoms with van der Waals surface area (Å²) in [6, 6.07) is 39.3. The highest BCUT2D eigenvalue weighted by atomic mass is 16.5. The molecule has 0 amide bonds. The zero-order valence-corrected chi connectivity index (χ0v) is 41.8. The van der Waals surface area contributed by atoms with Gasteiger partial charge in [-0.25, -0.2) is 0 Å². The topological polar surface area (TPSA) is 36.9 Å². The van der Waals surface area contributed by atoms with Crippen molar-refractivity contribution in [3.63, 3.8) is 0 Å². The van der Waals surface area contributed by atoms with Crippen molar-refractivity contribution < 1.29 is 18.9 Å². The molecule has 358 valence electrons. The molecule has 0 unspecified atom stereocenters. The summed E-state index contributed by atoms with van der Waals surface area (Å²) in [5, 5.41) is 0. The molecule has 0 aliphatic rings. The molecule has 4 nitrogen and oxygen atoms in total. The van der Waals surface area contributed by atoms with E-state index in [0.717, 1.165) is 93.2 Å². The van der Waals surface area contributed by atoms with Gasteiger partial charge in [0.25, 0.3) is 0 Å². The largest absolute Gasteiger partial charge is 0.493 e. The third kappa shape index (κ3) is 18.2. The lowest BCUT2D eigenvalue weighted by molar-refractivity contribution is 0.298. The Morgan fingerprint density at radius 3 is 0.697 bits per heavy atom. The monoisotopic (exact) mass is 895 g/mol. The molecule has 0 N–H and O–H groups in total. The van der Waals surface area contributed by atoms with Gasteiger partial charge in [0, 0.05) is 22.3 Å². The summed E-state index contributed by atoms with van der Waals surface area (Å²) in [4.78, 5) is 0. The summed E-state index contributed by atoms with van der Waals surface area (Å²) in [6.07, 6.45) is 29.4. The summed E-state index contributed by atoms with van der Waals surface area (Å²) < 4.78 is 27.0. The molecule has 0 saturated heterocycles. The van der Waals surface area contributed by atoms with E-state index in [-0.39, 0.29) is 0 Å². The van der Waals surface area contributed by atoms with E-state index >= 15 is 0 Å². The minimum Gasteiger partial charge on any atom is -0.493 e. The van der Waals surface area contributed by atoms with Crippen molar-refractivity contribution in [3.05, 3.63) is 109 Å². The highest BCUT2D eigenvalue weighted by Crippen LogP contribution is 2.44. The third-order valence-electron chi connectivity index (χ3n) is 12.9. The molecule has 0 heterocycles. The Bertz CT molecular complexity index is 1860. The predicted octanol–water partition coefficient (Wildman–Crippen LogP) is 19.3. The maximum atomic E-state index is 6.77. The van der Waals surface area contributed by atoms with Gasteiger partial charge in [0.2, 0.25) is 0 Å². The molecule has 0 saturated carbocycles. The minimum atomic E-state index is 0.692. The second kappa shape index (κ2) is 32.1. The van der Waals surface area contributed by atoms with Gasteiger partial charge in [-0.05, 0) is 72.2 Å². The second-order valence-corrected chi connectivity index (χ2v) is 18.5. The van der Waals surface area contributed by atoms with Crippen molar-refractivity contribution in [1.82, 2.24) is 0 Å². The Labute approximate surface area is 402 Å². The van der Waals surface area contributed by atoms with E-state index in [1.165, 1.54) is 128 Å². The quantitative estimate of drug-likeness (QED) is 0.0375. The first-order valence-corrected chi connectivity index (χ1v) is 26.8. The van der Waals surface area contributed by atoms with Gasteiger partial charge in [0.1, 0.15) is 23.0 Å². The summed E-state index contributed by atoms with van der Waals surface area (Å²) in [5.41, 5.74) is 8.79. The van der Waals surface area contributed by atoms with Gasteiger partial charge < -0.3 is 18.9 Å². The van der Waals surface area contributed by atoms with Crippen molar-refractivity contribution in [3.8, 4) is 67.5 Å². The summed E-state index contributed by atoms with van der Waals surface area (Å²) in [6.45, 7) is 11.9. The summed E-state index contributed by atoms with van der Waals surface area (Å²) in [5.74, 6) is 3.63. The van der Waals surface area contributed by atoms with Crippen LogP contribution in [-0.2, 0) is 0 Å². The fourth-order valence-corrected chi connectivity index (χ4v) is 8.82. The summed E-state index contributed by atoms with van der Waals surface area (Å²) in [7, 11) is 0. The Hall–Kier alpha value is -4.70. The van der Waals surface area contributed by atoms with Crippen molar-refractivity contribution in [1.29, 1.82) is 0 Å². The molecule has 0 bridgehead atoms. The van der Waals surface area contributed by atoms with Crippen LogP contribution in [0.25, 0.3) is 44.5 Å². The molecule has 0 aromatic heterocycles. The SMILES string of the molecule is CCCCCCCCOc1cc(-c2ccc(-c3cc(OCCCCCCCC)c(-c4ccccc4)cc3OCCCCCCCC)cc2)c(OCCCCCCCC)cc1-c1ccccc1. The van der Waals surface area contributed by atoms with Crippen molar-refractivity contribution >= 4 is 0 Å². The van der Waals surface area contributed by atoms with E-state index in [4.69, 9.17) is 18.9 Å². The lowest BCUT2D eigenvalue weighted by atomic mass is 9.94. The lowest BCUT2D eigenvalue weighted by Crippen LogP contribution is -2.03. The highest BCUT2D eigenvalue weighted by Gasteiger charge is 2.19. The zero-order valence-electron chi connectivity index (χ0n) is 41.8. The van der Waals surface area contributed by atoms with Gasteiger partial charge in [0.15, 0.2) is 0 Å². The van der Waals surface area contributed by atoms with Crippen LogP contribution in [-0.4, -0.2) is 26.4 Å². The van der Waals surface area contributed by atoms with Crippen molar-refractivity contribution in [2.75, 3.05) is 26.4 Å². The predicted molar refractivity (Wildman–Crippen MR) is 284 cm³/mol. The van der Waals surface area contributed by atoms with Gasteiger partial charge in [0.05, 0.1) is 26.4 Å². The normalized spacial score (nSPS) is 11.2. The number of benzene rings is 5. The standard InChI is InChI=1S/C62H86O4/c1-5-9-13-17-21-31-43-63-59-49-57(61(65-45-33-23-19-15-11-7-3)47-55(59)51-35-27-25-28-36-51)53-39-41-54(42-40-53)58-50-60(64-44-32-22-18-14-10-6-2)56(52-37-29-26-30-38-52)48-62(58)66-46-34-24-20-16-12-8-4/h25-30,35-42,47-50H,5-24,31-34,43-46H2,1-4H3. The summed E-state index contributed by atoms with van der Waals surface area (Å²) >= 11 is 0. The van der Waals surface area contributed by atoms with E-state index in [2.05, 4.69) is 137 Å². The molecule has 5 aromatic carbocycles. The van der Waals surface area contributed by atoms with Crippen LogP contribution in [0.3, 0.4) is 0 Å². The number of hydrogen-bond donors (Lipinski definition) is 0. The van der Waals surface area contributed by atoms with Gasteiger partial charge in [-0.3, -0.25) is 0 Å². The van der Waals surface area contributed by atoms with Gasteiger partial charge in [-0.2, -0.15) is 0 Å². The molecular weight excluding hydrogens is 809 g/mol. The molecule has 5 aromatic rings. The van der Waals surface area contributed by atoms with Crippen LogP contribution in [0.2, 0.25) is 0 Å². The lowest BCUT2D eigenvalue weighted by Gasteiger charge is -2.20. The van der Waals surface area contributed by atoms with Crippen LogP contribution >= 0.6 is 0 Å². The maximum absolute atomic E-state index is 6.77. The number of hydrogen-bond acceptors (Lipinski definition) is 4. The first-order chi connectivity index (χ1) is 32.7. The Kier molecular flexibility index (Phi) is 25.4. The average molecular weight is 895 g/mol. The first-order valence-electron chi connectivity index (χ1n) is 26.8. The van der Waals surface area contributed by atoms with Crippen LogP contribution in [0.5, 0.6) is 23.0 Å². The highest BCUT2D eigenvalue weighted by molar-refractivity contribution is 5.84. The van der Waals surface area contributed by atoms with E-state index in [0.29, 0.717) is 26.4 Å². The Morgan fingerprint density at radius 2 is 0.455 bits per heavy atom. The number of ether oxygens (including phenoxy) is 4. The number of unbranched alkanes of at least 4 members (excludes halogenated alkanes) is 20. The molecule has 0 atom stereocenters. The minimum absolute atomic E-state index is 0.692. The van der Waals surface area contributed by atoms with Crippen LogP contribution in [0.4, 0.5) is 0 Å². The fourth-order valence-electron chi connectivity index (χ4n) is 8.82. The smallest absolute Gasteiger partial charge is 0.128 e.